The number of carbonyl (C=O) groups is 2. The Bertz CT molecular complexity index is 403. The van der Waals surface area contributed by atoms with E-state index in [2.05, 4.69) is 5.32 Å². The molecule has 0 bridgehead atoms. The number of carboxylic acids is 1. The summed E-state index contributed by atoms with van der Waals surface area (Å²) in [6.45, 7) is -0.669. The largest absolute Gasteiger partial charge is 0.478 e. The van der Waals surface area contributed by atoms with Crippen molar-refractivity contribution in [2.24, 2.45) is 0 Å². The van der Waals surface area contributed by atoms with Gasteiger partial charge in [-0.15, -0.1) is 0 Å². The number of rotatable bonds is 3. The first kappa shape index (κ1) is 11.0. The molecular weight excluding hydrogens is 200 g/mol. The summed E-state index contributed by atoms with van der Waals surface area (Å²) in [6.07, 6.45) is 0. The van der Waals surface area contributed by atoms with Crippen molar-refractivity contribution < 1.29 is 19.8 Å². The second-order valence-electron chi connectivity index (χ2n) is 2.86. The van der Waals surface area contributed by atoms with Crippen LogP contribution in [0.4, 0.5) is 11.4 Å². The number of hydrogen-bond donors (Lipinski definition) is 4. The number of carbonyl (C=O) groups excluding carboxylic acids is 1. The molecule has 15 heavy (non-hydrogen) atoms. The van der Waals surface area contributed by atoms with Crippen LogP contribution in [0.5, 0.6) is 0 Å². The lowest BCUT2D eigenvalue weighted by Gasteiger charge is -2.05. The third kappa shape index (κ3) is 2.96. The summed E-state index contributed by atoms with van der Waals surface area (Å²) in [6, 6.07) is 3.93. The number of anilines is 2. The van der Waals surface area contributed by atoms with Gasteiger partial charge in [0.25, 0.3) is 0 Å². The Kier molecular flexibility index (Phi) is 3.25. The molecule has 1 aromatic carbocycles. The number of aromatic carboxylic acids is 1. The Morgan fingerprint density at radius 3 is 2.53 bits per heavy atom. The average Bonchev–Trinajstić information content (AvgIpc) is 2.16. The average molecular weight is 210 g/mol. The lowest BCUT2D eigenvalue weighted by molar-refractivity contribution is -0.118. The standard InChI is InChI=1S/C9H10N2O4/c10-6-1-5(9(14)15)2-7(3-6)11-8(13)4-12/h1-3,12H,4,10H2,(H,11,13)(H,14,15). The number of aliphatic hydroxyl groups is 1. The summed E-state index contributed by atoms with van der Waals surface area (Å²) < 4.78 is 0. The van der Waals surface area contributed by atoms with Gasteiger partial charge in [0, 0.05) is 11.4 Å². The van der Waals surface area contributed by atoms with Crippen molar-refractivity contribution in [3.63, 3.8) is 0 Å². The first-order chi connectivity index (χ1) is 7.02. The van der Waals surface area contributed by atoms with E-state index in [1.54, 1.807) is 0 Å². The van der Waals surface area contributed by atoms with Crippen molar-refractivity contribution in [3.05, 3.63) is 23.8 Å². The summed E-state index contributed by atoms with van der Waals surface area (Å²) >= 11 is 0. The Morgan fingerprint density at radius 1 is 1.33 bits per heavy atom. The maximum absolute atomic E-state index is 10.8. The van der Waals surface area contributed by atoms with E-state index >= 15 is 0 Å². The molecule has 5 N–H and O–H groups in total. The van der Waals surface area contributed by atoms with Gasteiger partial charge in [0.2, 0.25) is 5.91 Å². The summed E-state index contributed by atoms with van der Waals surface area (Å²) in [5, 5.41) is 19.5. The van der Waals surface area contributed by atoms with Gasteiger partial charge in [-0.05, 0) is 18.2 Å². The normalized spacial score (nSPS) is 9.67. The van der Waals surface area contributed by atoms with Crippen LogP contribution in [0, 0.1) is 0 Å². The minimum atomic E-state index is -1.14. The van der Waals surface area contributed by atoms with Crippen molar-refractivity contribution in [2.45, 2.75) is 0 Å². The molecule has 0 fully saturated rings. The minimum absolute atomic E-state index is 0.0248. The van der Waals surface area contributed by atoms with Gasteiger partial charge in [0.05, 0.1) is 5.56 Å². The van der Waals surface area contributed by atoms with Gasteiger partial charge in [0.15, 0.2) is 0 Å². The van der Waals surface area contributed by atoms with Crippen LogP contribution in [-0.2, 0) is 4.79 Å². The van der Waals surface area contributed by atoms with Crippen molar-refractivity contribution in [1.29, 1.82) is 0 Å². The highest BCUT2D eigenvalue weighted by atomic mass is 16.4. The van der Waals surface area contributed by atoms with Gasteiger partial charge in [-0.25, -0.2) is 4.79 Å². The van der Waals surface area contributed by atoms with Gasteiger partial charge in [0.1, 0.15) is 6.61 Å². The Balaban J connectivity index is 2.98. The molecule has 0 aliphatic heterocycles. The van der Waals surface area contributed by atoms with E-state index in [0.717, 1.165) is 0 Å². The number of hydrogen-bond acceptors (Lipinski definition) is 4. The molecule has 0 spiro atoms. The van der Waals surface area contributed by atoms with E-state index in [1.807, 2.05) is 0 Å². The second-order valence-corrected chi connectivity index (χ2v) is 2.86. The Morgan fingerprint density at radius 2 is 2.00 bits per heavy atom. The number of nitrogens with two attached hydrogens (primary N) is 1. The van der Waals surface area contributed by atoms with Crippen LogP contribution in [0.15, 0.2) is 18.2 Å². The van der Waals surface area contributed by atoms with Crippen LogP contribution in [0.25, 0.3) is 0 Å². The van der Waals surface area contributed by atoms with Crippen LogP contribution < -0.4 is 11.1 Å². The van der Waals surface area contributed by atoms with Crippen LogP contribution in [0.3, 0.4) is 0 Å². The molecule has 1 rings (SSSR count). The highest BCUT2D eigenvalue weighted by molar-refractivity contribution is 5.95. The Labute approximate surface area is 85.3 Å². The minimum Gasteiger partial charge on any atom is -0.478 e. The van der Waals surface area contributed by atoms with E-state index in [1.165, 1.54) is 18.2 Å². The second kappa shape index (κ2) is 4.43. The summed E-state index contributed by atoms with van der Waals surface area (Å²) in [7, 11) is 0. The summed E-state index contributed by atoms with van der Waals surface area (Å²) in [5.74, 6) is -1.77. The highest BCUT2D eigenvalue weighted by Gasteiger charge is 2.07. The molecule has 80 valence electrons. The van der Waals surface area contributed by atoms with Crippen molar-refractivity contribution in [3.8, 4) is 0 Å². The fourth-order valence-corrected chi connectivity index (χ4v) is 1.05. The van der Waals surface area contributed by atoms with Crippen LogP contribution in [0.2, 0.25) is 0 Å². The molecule has 0 aliphatic carbocycles. The van der Waals surface area contributed by atoms with Gasteiger partial charge < -0.3 is 21.3 Å². The van der Waals surface area contributed by atoms with Gasteiger partial charge in [-0.2, -0.15) is 0 Å². The number of carboxylic acid groups (broad SMARTS) is 1. The number of nitrogens with one attached hydrogen (secondary N) is 1. The van der Waals surface area contributed by atoms with Crippen LogP contribution in [0.1, 0.15) is 10.4 Å². The van der Waals surface area contributed by atoms with Crippen molar-refractivity contribution >= 4 is 23.3 Å². The molecule has 0 aliphatic rings. The predicted molar refractivity (Wildman–Crippen MR) is 53.5 cm³/mol. The van der Waals surface area contributed by atoms with E-state index < -0.39 is 18.5 Å². The van der Waals surface area contributed by atoms with Crippen LogP contribution >= 0.6 is 0 Å². The van der Waals surface area contributed by atoms with Crippen molar-refractivity contribution in [2.75, 3.05) is 17.7 Å². The van der Waals surface area contributed by atoms with E-state index in [0.29, 0.717) is 0 Å². The molecule has 0 unspecified atom stereocenters. The Hall–Kier alpha value is -2.08. The fraction of sp³-hybridized carbons (Fsp3) is 0.111. The molecule has 0 heterocycles. The molecule has 6 nitrogen and oxygen atoms in total. The summed E-state index contributed by atoms with van der Waals surface area (Å²) in [4.78, 5) is 21.5. The number of nitrogen functional groups attached to an aromatic ring is 1. The van der Waals surface area contributed by atoms with E-state index in [4.69, 9.17) is 15.9 Å². The third-order valence-electron chi connectivity index (χ3n) is 1.63. The monoisotopic (exact) mass is 210 g/mol. The van der Waals surface area contributed by atoms with Crippen molar-refractivity contribution in [1.82, 2.24) is 0 Å². The van der Waals surface area contributed by atoms with Crippen LogP contribution in [-0.4, -0.2) is 28.7 Å². The molecule has 0 saturated heterocycles. The zero-order valence-corrected chi connectivity index (χ0v) is 7.73. The molecular formula is C9H10N2O4. The number of aliphatic hydroxyl groups excluding tert-OH is 1. The van der Waals surface area contributed by atoms with Gasteiger partial charge >= 0.3 is 5.97 Å². The molecule has 0 radical (unpaired) electrons. The third-order valence-corrected chi connectivity index (χ3v) is 1.63. The van der Waals surface area contributed by atoms with E-state index in [9.17, 15) is 9.59 Å². The topological polar surface area (TPSA) is 113 Å². The SMILES string of the molecule is Nc1cc(NC(=O)CO)cc(C(=O)O)c1. The first-order valence-corrected chi connectivity index (χ1v) is 4.07. The molecule has 6 heteroatoms. The van der Waals surface area contributed by atoms with Gasteiger partial charge in [-0.3, -0.25) is 4.79 Å². The molecule has 1 aromatic rings. The number of amides is 1. The molecule has 1 amide bonds. The zero-order chi connectivity index (χ0) is 11.4. The quantitative estimate of drug-likeness (QED) is 0.520. The fourth-order valence-electron chi connectivity index (χ4n) is 1.05. The molecule has 0 aromatic heterocycles. The zero-order valence-electron chi connectivity index (χ0n) is 7.73. The maximum Gasteiger partial charge on any atom is 0.335 e. The number of benzene rings is 1. The predicted octanol–water partition coefficient (Wildman–Crippen LogP) is -0.102. The first-order valence-electron chi connectivity index (χ1n) is 4.07. The smallest absolute Gasteiger partial charge is 0.335 e. The maximum atomic E-state index is 10.8. The molecule has 0 atom stereocenters. The lowest BCUT2D eigenvalue weighted by Crippen LogP contribution is -2.16. The lowest BCUT2D eigenvalue weighted by atomic mass is 10.2. The van der Waals surface area contributed by atoms with E-state index in [-0.39, 0.29) is 16.9 Å². The summed E-state index contributed by atoms with van der Waals surface area (Å²) in [5.41, 5.74) is 5.88. The van der Waals surface area contributed by atoms with Gasteiger partial charge in [-0.1, -0.05) is 0 Å². The highest BCUT2D eigenvalue weighted by Crippen LogP contribution is 2.16. The molecule has 0 saturated carbocycles.